The normalized spacial score (nSPS) is 15.9. The summed E-state index contributed by atoms with van der Waals surface area (Å²) in [7, 11) is 1.66. The van der Waals surface area contributed by atoms with Crippen LogP contribution < -0.4 is 0 Å². The van der Waals surface area contributed by atoms with Crippen molar-refractivity contribution in [2.24, 2.45) is 4.99 Å². The van der Waals surface area contributed by atoms with Crippen molar-refractivity contribution in [3.63, 3.8) is 0 Å². The van der Waals surface area contributed by atoms with Crippen LogP contribution >= 0.6 is 0 Å². The molecule has 5 nitrogen and oxygen atoms in total. The van der Waals surface area contributed by atoms with Gasteiger partial charge in [-0.1, -0.05) is 0 Å². The number of fused-ring (bicyclic) bond motifs is 1. The molecule has 0 fully saturated rings. The molecule has 24 heavy (non-hydrogen) atoms. The fourth-order valence-electron chi connectivity index (χ4n) is 2.95. The van der Waals surface area contributed by atoms with Crippen molar-refractivity contribution in [2.45, 2.75) is 13.8 Å². The Labute approximate surface area is 139 Å². The molecule has 0 aromatic carbocycles. The van der Waals surface area contributed by atoms with E-state index in [0.29, 0.717) is 0 Å². The SMILES string of the molecule is COC1=CC(c2cc3cccnc3[nH]2)=NC1=Cc1[nH]c(C)cc1C. The van der Waals surface area contributed by atoms with Gasteiger partial charge in [-0.15, -0.1) is 0 Å². The highest BCUT2D eigenvalue weighted by atomic mass is 16.5. The van der Waals surface area contributed by atoms with Crippen molar-refractivity contribution >= 4 is 22.8 Å². The molecule has 0 spiro atoms. The minimum atomic E-state index is 0.753. The molecule has 1 aliphatic rings. The van der Waals surface area contributed by atoms with Crippen LogP contribution in [0, 0.1) is 13.8 Å². The van der Waals surface area contributed by atoms with E-state index in [1.54, 1.807) is 13.3 Å². The lowest BCUT2D eigenvalue weighted by molar-refractivity contribution is 0.303. The van der Waals surface area contributed by atoms with E-state index in [1.807, 2.05) is 31.2 Å². The second kappa shape index (κ2) is 5.53. The van der Waals surface area contributed by atoms with Crippen molar-refractivity contribution in [1.29, 1.82) is 0 Å². The summed E-state index contributed by atoms with van der Waals surface area (Å²) in [6, 6.07) is 8.12. The molecule has 0 unspecified atom stereocenters. The maximum absolute atomic E-state index is 5.50. The number of nitrogens with one attached hydrogen (secondary N) is 2. The molecule has 4 rings (SSSR count). The van der Waals surface area contributed by atoms with Crippen molar-refractivity contribution in [3.05, 3.63) is 70.6 Å². The summed E-state index contributed by atoms with van der Waals surface area (Å²) in [5.74, 6) is 0.753. The minimum Gasteiger partial charge on any atom is -0.494 e. The zero-order chi connectivity index (χ0) is 16.7. The Kier molecular flexibility index (Phi) is 3.34. The van der Waals surface area contributed by atoms with Crippen LogP contribution in [0.2, 0.25) is 0 Å². The van der Waals surface area contributed by atoms with Crippen molar-refractivity contribution in [1.82, 2.24) is 15.0 Å². The van der Waals surface area contributed by atoms with Crippen LogP contribution in [0.4, 0.5) is 0 Å². The van der Waals surface area contributed by atoms with Gasteiger partial charge in [0.15, 0.2) is 0 Å². The third-order valence-electron chi connectivity index (χ3n) is 4.12. The fraction of sp³-hybridized carbons (Fsp3) is 0.158. The van der Waals surface area contributed by atoms with E-state index in [9.17, 15) is 0 Å². The standard InChI is InChI=1S/C19H18N4O/c1-11-7-12(2)21-14(11)9-17-18(24-3)10-16(22-17)15-8-13-5-4-6-20-19(13)23-15/h4-10,21H,1-3H3,(H,20,23). The summed E-state index contributed by atoms with van der Waals surface area (Å²) in [6.07, 6.45) is 5.74. The Balaban J connectivity index is 1.77. The van der Waals surface area contributed by atoms with Crippen LogP contribution in [0.25, 0.3) is 17.1 Å². The first-order valence-corrected chi connectivity index (χ1v) is 7.81. The summed E-state index contributed by atoms with van der Waals surface area (Å²) in [4.78, 5) is 15.7. The van der Waals surface area contributed by atoms with Crippen LogP contribution in [0.1, 0.15) is 22.6 Å². The van der Waals surface area contributed by atoms with Gasteiger partial charge in [0.1, 0.15) is 17.1 Å². The van der Waals surface area contributed by atoms with Crippen molar-refractivity contribution in [2.75, 3.05) is 7.11 Å². The van der Waals surface area contributed by atoms with Crippen LogP contribution in [0.5, 0.6) is 0 Å². The lowest BCUT2D eigenvalue weighted by Crippen LogP contribution is -1.93. The zero-order valence-electron chi connectivity index (χ0n) is 13.8. The van der Waals surface area contributed by atoms with Crippen LogP contribution in [0.15, 0.2) is 53.0 Å². The number of nitrogens with zero attached hydrogens (tertiary/aromatic N) is 2. The average molecular weight is 318 g/mol. The fourth-order valence-corrected chi connectivity index (χ4v) is 2.95. The predicted octanol–water partition coefficient (Wildman–Crippen LogP) is 3.88. The molecule has 0 saturated heterocycles. The number of aromatic nitrogens is 3. The number of methoxy groups -OCH3 is 1. The first-order chi connectivity index (χ1) is 11.6. The smallest absolute Gasteiger partial charge is 0.146 e. The van der Waals surface area contributed by atoms with Gasteiger partial charge >= 0.3 is 0 Å². The van der Waals surface area contributed by atoms with Crippen molar-refractivity contribution < 1.29 is 4.74 Å². The van der Waals surface area contributed by atoms with Crippen LogP contribution in [0.3, 0.4) is 0 Å². The summed E-state index contributed by atoms with van der Waals surface area (Å²) in [5, 5.41) is 1.07. The maximum atomic E-state index is 5.50. The van der Waals surface area contributed by atoms with Gasteiger partial charge in [0.2, 0.25) is 0 Å². The second-order valence-electron chi connectivity index (χ2n) is 5.91. The molecule has 0 aliphatic carbocycles. The molecule has 5 heteroatoms. The van der Waals surface area contributed by atoms with E-state index in [-0.39, 0.29) is 0 Å². The molecule has 0 amide bonds. The van der Waals surface area contributed by atoms with Gasteiger partial charge in [-0.25, -0.2) is 9.98 Å². The Morgan fingerprint density at radius 1 is 1.17 bits per heavy atom. The largest absolute Gasteiger partial charge is 0.494 e. The monoisotopic (exact) mass is 318 g/mol. The number of aliphatic imine (C=N–C) groups is 1. The van der Waals surface area contributed by atoms with Gasteiger partial charge in [0.05, 0.1) is 18.5 Å². The van der Waals surface area contributed by atoms with E-state index < -0.39 is 0 Å². The van der Waals surface area contributed by atoms with E-state index in [4.69, 9.17) is 9.73 Å². The summed E-state index contributed by atoms with van der Waals surface area (Å²) in [5.41, 5.74) is 6.81. The van der Waals surface area contributed by atoms with Gasteiger partial charge in [0, 0.05) is 29.0 Å². The number of hydrogen-bond acceptors (Lipinski definition) is 3. The first kappa shape index (κ1) is 14.5. The molecular weight excluding hydrogens is 300 g/mol. The molecule has 1 aliphatic heterocycles. The minimum absolute atomic E-state index is 0.753. The Bertz CT molecular complexity index is 984. The quantitative estimate of drug-likeness (QED) is 0.769. The molecule has 4 heterocycles. The molecule has 120 valence electrons. The Morgan fingerprint density at radius 3 is 2.75 bits per heavy atom. The van der Waals surface area contributed by atoms with Gasteiger partial charge in [-0.2, -0.15) is 0 Å². The second-order valence-corrected chi connectivity index (χ2v) is 5.91. The highest BCUT2D eigenvalue weighted by molar-refractivity contribution is 6.12. The van der Waals surface area contributed by atoms with E-state index in [2.05, 4.69) is 34.0 Å². The lowest BCUT2D eigenvalue weighted by atomic mass is 10.2. The summed E-state index contributed by atoms with van der Waals surface area (Å²) in [6.45, 7) is 4.12. The third-order valence-corrected chi connectivity index (χ3v) is 4.12. The number of hydrogen-bond donors (Lipinski definition) is 2. The molecule has 0 bridgehead atoms. The van der Waals surface area contributed by atoms with Crippen molar-refractivity contribution in [3.8, 4) is 0 Å². The Morgan fingerprint density at radius 2 is 2.04 bits per heavy atom. The zero-order valence-corrected chi connectivity index (χ0v) is 13.8. The van der Waals surface area contributed by atoms with Crippen LogP contribution in [-0.2, 0) is 4.74 Å². The van der Waals surface area contributed by atoms with E-state index in [0.717, 1.165) is 45.3 Å². The number of rotatable bonds is 3. The number of ether oxygens (including phenoxy) is 1. The number of pyridine rings is 1. The third kappa shape index (κ3) is 2.44. The summed E-state index contributed by atoms with van der Waals surface area (Å²) >= 11 is 0. The van der Waals surface area contributed by atoms with Gasteiger partial charge in [0.25, 0.3) is 0 Å². The molecule has 0 saturated carbocycles. The maximum Gasteiger partial charge on any atom is 0.146 e. The number of allylic oxidation sites excluding steroid dienone is 1. The first-order valence-electron chi connectivity index (χ1n) is 7.81. The van der Waals surface area contributed by atoms with Crippen LogP contribution in [-0.4, -0.2) is 27.8 Å². The Hall–Kier alpha value is -3.08. The highest BCUT2D eigenvalue weighted by Crippen LogP contribution is 2.26. The van der Waals surface area contributed by atoms with Gasteiger partial charge in [-0.05, 0) is 49.8 Å². The number of aromatic amines is 2. The van der Waals surface area contributed by atoms with Gasteiger partial charge < -0.3 is 14.7 Å². The summed E-state index contributed by atoms with van der Waals surface area (Å²) < 4.78 is 5.50. The number of aryl methyl sites for hydroxylation is 2. The number of H-pyrrole nitrogens is 2. The predicted molar refractivity (Wildman–Crippen MR) is 96.0 cm³/mol. The lowest BCUT2D eigenvalue weighted by Gasteiger charge is -2.01. The average Bonchev–Trinajstić information content (AvgIpc) is 3.24. The molecule has 0 radical (unpaired) electrons. The van der Waals surface area contributed by atoms with Gasteiger partial charge in [-0.3, -0.25) is 0 Å². The topological polar surface area (TPSA) is 66.1 Å². The molecule has 2 N–H and O–H groups in total. The molecule has 3 aromatic rings. The van der Waals surface area contributed by atoms with E-state index in [1.165, 1.54) is 5.56 Å². The van der Waals surface area contributed by atoms with E-state index >= 15 is 0 Å². The highest BCUT2D eigenvalue weighted by Gasteiger charge is 2.18. The molecule has 3 aromatic heterocycles. The molecular formula is C19H18N4O. The molecule has 0 atom stereocenters.